The van der Waals surface area contributed by atoms with E-state index in [2.05, 4.69) is 4.90 Å². The molecule has 0 amide bonds. The maximum absolute atomic E-state index is 10.0. The van der Waals surface area contributed by atoms with Crippen LogP contribution < -0.4 is 11.5 Å². The van der Waals surface area contributed by atoms with Gasteiger partial charge in [0, 0.05) is 6.61 Å². The van der Waals surface area contributed by atoms with Crippen LogP contribution in [0.5, 0.6) is 0 Å². The van der Waals surface area contributed by atoms with Gasteiger partial charge >= 0.3 is 0 Å². The zero-order valence-corrected chi connectivity index (χ0v) is 12.8. The summed E-state index contributed by atoms with van der Waals surface area (Å²) in [7, 11) is 0. The quantitative estimate of drug-likeness (QED) is 0.349. The molecule has 0 aromatic rings. The van der Waals surface area contributed by atoms with Crippen molar-refractivity contribution in [3.05, 3.63) is 0 Å². The molecule has 1 aliphatic heterocycles. The molecule has 1 rings (SSSR count). The van der Waals surface area contributed by atoms with Gasteiger partial charge in [0.05, 0.1) is 0 Å². The first kappa shape index (κ1) is 17.9. The minimum Gasteiger partial charge on any atom is -0.396 e. The zero-order chi connectivity index (χ0) is 14.8. The van der Waals surface area contributed by atoms with Crippen molar-refractivity contribution in [3.63, 3.8) is 0 Å². The fraction of sp³-hybridized carbons (Fsp3) is 1.00. The lowest BCUT2D eigenvalue weighted by Gasteiger charge is -2.33. The van der Waals surface area contributed by atoms with Crippen LogP contribution in [0.25, 0.3) is 0 Å². The van der Waals surface area contributed by atoms with Crippen LogP contribution in [0.4, 0.5) is 0 Å². The van der Waals surface area contributed by atoms with Crippen LogP contribution >= 0.6 is 0 Å². The summed E-state index contributed by atoms with van der Waals surface area (Å²) in [6.07, 6.45) is 7.43. The third-order valence-electron chi connectivity index (χ3n) is 4.39. The van der Waals surface area contributed by atoms with Gasteiger partial charge in [-0.05, 0) is 83.5 Å². The van der Waals surface area contributed by atoms with Crippen LogP contribution in [-0.2, 0) is 0 Å². The van der Waals surface area contributed by atoms with Gasteiger partial charge in [-0.25, -0.2) is 0 Å². The first-order valence-electron chi connectivity index (χ1n) is 8.12. The summed E-state index contributed by atoms with van der Waals surface area (Å²) in [5.74, 6) is 0.685. The molecule has 1 unspecified atom stereocenters. The SMILES string of the molecule is NCCCCN1CCC(CCC(N)(O)CCCO)CC1. The van der Waals surface area contributed by atoms with Crippen molar-refractivity contribution in [2.45, 2.75) is 57.1 Å². The van der Waals surface area contributed by atoms with Crippen molar-refractivity contribution >= 4 is 0 Å². The number of nitrogens with two attached hydrogens (primary N) is 2. The Balaban J connectivity index is 2.12. The molecule has 5 heteroatoms. The van der Waals surface area contributed by atoms with E-state index >= 15 is 0 Å². The Kier molecular flexibility index (Phi) is 8.64. The lowest BCUT2D eigenvalue weighted by atomic mass is 9.88. The van der Waals surface area contributed by atoms with E-state index in [1.807, 2.05) is 0 Å². The molecule has 0 bridgehead atoms. The molecule has 120 valence electrons. The van der Waals surface area contributed by atoms with Crippen molar-refractivity contribution in [2.24, 2.45) is 17.4 Å². The molecule has 1 aliphatic rings. The van der Waals surface area contributed by atoms with E-state index in [0.29, 0.717) is 25.2 Å². The van der Waals surface area contributed by atoms with Gasteiger partial charge in [-0.3, -0.25) is 0 Å². The van der Waals surface area contributed by atoms with E-state index in [1.165, 1.54) is 25.8 Å². The summed E-state index contributed by atoms with van der Waals surface area (Å²) in [6, 6.07) is 0. The maximum Gasteiger partial charge on any atom is 0.113 e. The Morgan fingerprint density at radius 3 is 2.40 bits per heavy atom. The summed E-state index contributed by atoms with van der Waals surface area (Å²) < 4.78 is 0. The molecule has 0 aliphatic carbocycles. The van der Waals surface area contributed by atoms with E-state index in [9.17, 15) is 5.11 Å². The summed E-state index contributed by atoms with van der Waals surface area (Å²) in [6.45, 7) is 4.38. The highest BCUT2D eigenvalue weighted by Gasteiger charge is 2.24. The second kappa shape index (κ2) is 9.68. The molecule has 1 saturated heterocycles. The average molecular weight is 287 g/mol. The second-order valence-electron chi connectivity index (χ2n) is 6.25. The van der Waals surface area contributed by atoms with E-state index in [1.54, 1.807) is 0 Å². The van der Waals surface area contributed by atoms with Crippen molar-refractivity contribution < 1.29 is 10.2 Å². The minimum absolute atomic E-state index is 0.0979. The van der Waals surface area contributed by atoms with E-state index in [0.717, 1.165) is 32.5 Å². The number of hydrogen-bond donors (Lipinski definition) is 4. The maximum atomic E-state index is 10.0. The first-order chi connectivity index (χ1) is 9.57. The smallest absolute Gasteiger partial charge is 0.113 e. The Bertz CT molecular complexity index is 241. The predicted octanol–water partition coefficient (Wildman–Crippen LogP) is 0.637. The number of piperidine rings is 1. The largest absolute Gasteiger partial charge is 0.396 e. The summed E-state index contributed by atoms with van der Waals surface area (Å²) in [5, 5.41) is 18.8. The number of unbranched alkanes of at least 4 members (excludes halogenated alkanes) is 1. The number of hydrogen-bond acceptors (Lipinski definition) is 5. The topological polar surface area (TPSA) is 95.7 Å². The van der Waals surface area contributed by atoms with Crippen molar-refractivity contribution in [3.8, 4) is 0 Å². The number of aliphatic hydroxyl groups is 2. The number of nitrogens with zero attached hydrogens (tertiary/aromatic N) is 1. The number of aliphatic hydroxyl groups excluding tert-OH is 1. The third-order valence-corrected chi connectivity index (χ3v) is 4.39. The van der Waals surface area contributed by atoms with Gasteiger partial charge in [0.1, 0.15) is 5.72 Å². The van der Waals surface area contributed by atoms with Crippen LogP contribution in [-0.4, -0.2) is 53.6 Å². The molecule has 0 aromatic heterocycles. The lowest BCUT2D eigenvalue weighted by Crippen LogP contribution is -2.41. The van der Waals surface area contributed by atoms with Crippen LogP contribution in [0.2, 0.25) is 0 Å². The highest BCUT2D eigenvalue weighted by atomic mass is 16.3. The molecule has 0 aromatic carbocycles. The molecule has 1 heterocycles. The van der Waals surface area contributed by atoms with Crippen molar-refractivity contribution in [1.29, 1.82) is 0 Å². The zero-order valence-electron chi connectivity index (χ0n) is 12.8. The monoisotopic (exact) mass is 287 g/mol. The van der Waals surface area contributed by atoms with Gasteiger partial charge in [-0.15, -0.1) is 0 Å². The lowest BCUT2D eigenvalue weighted by molar-refractivity contribution is 0.0138. The van der Waals surface area contributed by atoms with E-state index in [4.69, 9.17) is 16.6 Å². The van der Waals surface area contributed by atoms with Gasteiger partial charge in [0.2, 0.25) is 0 Å². The molecule has 0 spiro atoms. The van der Waals surface area contributed by atoms with Crippen LogP contribution in [0.3, 0.4) is 0 Å². The summed E-state index contributed by atoms with van der Waals surface area (Å²) in [4.78, 5) is 2.52. The van der Waals surface area contributed by atoms with Crippen molar-refractivity contribution in [1.82, 2.24) is 4.90 Å². The fourth-order valence-corrected chi connectivity index (χ4v) is 2.94. The van der Waals surface area contributed by atoms with E-state index < -0.39 is 5.72 Å². The van der Waals surface area contributed by atoms with Crippen molar-refractivity contribution in [2.75, 3.05) is 32.8 Å². The summed E-state index contributed by atoms with van der Waals surface area (Å²) >= 11 is 0. The highest BCUT2D eigenvalue weighted by molar-refractivity contribution is 4.77. The Labute approximate surface area is 123 Å². The Morgan fingerprint density at radius 1 is 1.10 bits per heavy atom. The van der Waals surface area contributed by atoms with Gasteiger partial charge in [0.25, 0.3) is 0 Å². The molecule has 1 fully saturated rings. The molecule has 0 radical (unpaired) electrons. The highest BCUT2D eigenvalue weighted by Crippen LogP contribution is 2.25. The van der Waals surface area contributed by atoms with Gasteiger partial charge in [-0.2, -0.15) is 0 Å². The van der Waals surface area contributed by atoms with Crippen LogP contribution in [0, 0.1) is 5.92 Å². The van der Waals surface area contributed by atoms with Gasteiger partial charge < -0.3 is 26.6 Å². The standard InChI is InChI=1S/C15H33N3O2/c16-9-1-2-10-18-11-5-14(6-12-18)4-8-15(17,20)7-3-13-19/h14,19-20H,1-13,16-17H2. The summed E-state index contributed by atoms with van der Waals surface area (Å²) in [5.41, 5.74) is 10.3. The normalized spacial score (nSPS) is 21.0. The first-order valence-corrected chi connectivity index (χ1v) is 8.12. The molecule has 5 nitrogen and oxygen atoms in total. The van der Waals surface area contributed by atoms with E-state index in [-0.39, 0.29) is 6.61 Å². The average Bonchev–Trinajstić information content (AvgIpc) is 2.45. The van der Waals surface area contributed by atoms with Gasteiger partial charge in [-0.1, -0.05) is 0 Å². The number of likely N-dealkylation sites (tertiary alicyclic amines) is 1. The third kappa shape index (κ3) is 7.55. The second-order valence-corrected chi connectivity index (χ2v) is 6.25. The fourth-order valence-electron chi connectivity index (χ4n) is 2.94. The van der Waals surface area contributed by atoms with Crippen LogP contribution in [0.1, 0.15) is 51.4 Å². The predicted molar refractivity (Wildman–Crippen MR) is 82.1 cm³/mol. The number of rotatable bonds is 10. The Hall–Kier alpha value is -0.200. The molecule has 6 N–H and O–H groups in total. The molecule has 20 heavy (non-hydrogen) atoms. The van der Waals surface area contributed by atoms with Crippen LogP contribution in [0.15, 0.2) is 0 Å². The molecular formula is C15H33N3O2. The molecular weight excluding hydrogens is 254 g/mol. The minimum atomic E-state index is -1.10. The molecule has 0 saturated carbocycles. The van der Waals surface area contributed by atoms with Gasteiger partial charge in [0.15, 0.2) is 0 Å². The molecule has 1 atom stereocenters. The Morgan fingerprint density at radius 2 is 1.80 bits per heavy atom.